The molecule has 0 saturated carbocycles. The number of pyridine rings is 1. The van der Waals surface area contributed by atoms with Crippen LogP contribution in [-0.2, 0) is 12.8 Å². The Morgan fingerprint density at radius 2 is 1.89 bits per heavy atom. The fourth-order valence-corrected chi connectivity index (χ4v) is 2.11. The van der Waals surface area contributed by atoms with Crippen molar-refractivity contribution in [1.29, 1.82) is 0 Å². The maximum Gasteiger partial charge on any atom is 0.177 e. The molecule has 1 aromatic carbocycles. The molecule has 0 aliphatic heterocycles. The van der Waals surface area contributed by atoms with Crippen LogP contribution in [0.15, 0.2) is 42.6 Å². The largest absolute Gasteiger partial charge is 0.340 e. The molecule has 0 fully saturated rings. The molecule has 0 bridgehead atoms. The lowest BCUT2D eigenvalue weighted by atomic mass is 10.1. The second-order valence-electron chi connectivity index (χ2n) is 4.50. The molecule has 0 amide bonds. The number of benzene rings is 1. The van der Waals surface area contributed by atoms with Gasteiger partial charge in [0, 0.05) is 12.6 Å². The summed E-state index contributed by atoms with van der Waals surface area (Å²) in [6.07, 6.45) is 3.72. The molecule has 3 nitrogen and oxygen atoms in total. The summed E-state index contributed by atoms with van der Waals surface area (Å²) in [5, 5.41) is 0. The first-order valence-electron chi connectivity index (χ1n) is 6.17. The fourth-order valence-electron chi connectivity index (χ4n) is 2.11. The number of aryl methyl sites for hydroxylation is 3. The van der Waals surface area contributed by atoms with Crippen molar-refractivity contribution >= 4 is 11.2 Å². The topological polar surface area (TPSA) is 41.6 Å². The third-order valence-corrected chi connectivity index (χ3v) is 3.14. The number of fused-ring (bicyclic) bond motifs is 1. The summed E-state index contributed by atoms with van der Waals surface area (Å²) >= 11 is 0. The molecule has 0 unspecified atom stereocenters. The van der Waals surface area contributed by atoms with E-state index in [1.807, 2.05) is 12.1 Å². The van der Waals surface area contributed by atoms with Crippen LogP contribution in [0.3, 0.4) is 0 Å². The minimum Gasteiger partial charge on any atom is -0.340 e. The molecular formula is C15H15N3. The lowest BCUT2D eigenvalue weighted by molar-refractivity contribution is 0.889. The third kappa shape index (κ3) is 2.12. The van der Waals surface area contributed by atoms with E-state index in [0.717, 1.165) is 29.8 Å². The Labute approximate surface area is 106 Å². The number of hydrogen-bond donors (Lipinski definition) is 1. The van der Waals surface area contributed by atoms with E-state index in [4.69, 9.17) is 0 Å². The van der Waals surface area contributed by atoms with Gasteiger partial charge in [-0.1, -0.05) is 30.3 Å². The fraction of sp³-hybridized carbons (Fsp3) is 0.200. The van der Waals surface area contributed by atoms with Crippen molar-refractivity contribution in [3.63, 3.8) is 0 Å². The highest BCUT2D eigenvalue weighted by Gasteiger charge is 2.05. The highest BCUT2D eigenvalue weighted by Crippen LogP contribution is 2.14. The Morgan fingerprint density at radius 1 is 1.06 bits per heavy atom. The molecule has 0 atom stereocenters. The Kier molecular flexibility index (Phi) is 2.81. The van der Waals surface area contributed by atoms with E-state index < -0.39 is 0 Å². The Morgan fingerprint density at radius 3 is 2.67 bits per heavy atom. The van der Waals surface area contributed by atoms with E-state index >= 15 is 0 Å². The number of hydrogen-bond acceptors (Lipinski definition) is 2. The molecule has 2 heterocycles. The van der Waals surface area contributed by atoms with Crippen LogP contribution in [0.5, 0.6) is 0 Å². The van der Waals surface area contributed by atoms with E-state index in [1.54, 1.807) is 6.20 Å². The third-order valence-electron chi connectivity index (χ3n) is 3.14. The predicted octanol–water partition coefficient (Wildman–Crippen LogP) is 3.05. The van der Waals surface area contributed by atoms with Crippen LogP contribution >= 0.6 is 0 Å². The second-order valence-corrected chi connectivity index (χ2v) is 4.50. The summed E-state index contributed by atoms with van der Waals surface area (Å²) in [7, 11) is 0. The number of aromatic nitrogens is 3. The van der Waals surface area contributed by atoms with Crippen molar-refractivity contribution in [3.8, 4) is 0 Å². The molecule has 2 aromatic heterocycles. The average molecular weight is 237 g/mol. The number of aromatic amines is 1. The Bertz CT molecular complexity index is 656. The number of H-pyrrole nitrogens is 1. The molecule has 0 radical (unpaired) electrons. The second kappa shape index (κ2) is 4.61. The number of nitrogens with one attached hydrogen (secondary N) is 1. The molecule has 0 aliphatic rings. The number of imidazole rings is 1. The van der Waals surface area contributed by atoms with Crippen LogP contribution in [0.4, 0.5) is 0 Å². The van der Waals surface area contributed by atoms with Gasteiger partial charge in [-0.2, -0.15) is 0 Å². The van der Waals surface area contributed by atoms with Crippen LogP contribution in [0.25, 0.3) is 11.2 Å². The summed E-state index contributed by atoms with van der Waals surface area (Å²) in [6, 6.07) is 12.5. The van der Waals surface area contributed by atoms with Crippen LogP contribution in [0, 0.1) is 6.92 Å². The van der Waals surface area contributed by atoms with Gasteiger partial charge < -0.3 is 4.98 Å². The summed E-state index contributed by atoms with van der Waals surface area (Å²) in [5.74, 6) is 1.01. The van der Waals surface area contributed by atoms with Crippen molar-refractivity contribution in [3.05, 3.63) is 59.5 Å². The normalized spacial score (nSPS) is 10.9. The highest BCUT2D eigenvalue weighted by atomic mass is 15.0. The van der Waals surface area contributed by atoms with E-state index in [0.29, 0.717) is 0 Å². The minimum atomic E-state index is 0.818. The van der Waals surface area contributed by atoms with Crippen molar-refractivity contribution in [1.82, 2.24) is 15.0 Å². The minimum absolute atomic E-state index is 0.818. The van der Waals surface area contributed by atoms with Gasteiger partial charge in [-0.25, -0.2) is 9.97 Å². The summed E-state index contributed by atoms with van der Waals surface area (Å²) in [4.78, 5) is 12.2. The first-order chi connectivity index (χ1) is 8.83. The van der Waals surface area contributed by atoms with Gasteiger partial charge in [-0.3, -0.25) is 0 Å². The number of nitrogens with zero attached hydrogens (tertiary/aromatic N) is 2. The van der Waals surface area contributed by atoms with Gasteiger partial charge in [0.15, 0.2) is 5.65 Å². The van der Waals surface area contributed by atoms with Gasteiger partial charge in [-0.05, 0) is 30.5 Å². The molecule has 3 heteroatoms. The summed E-state index contributed by atoms with van der Waals surface area (Å²) in [6.45, 7) is 2.07. The monoisotopic (exact) mass is 237 g/mol. The first-order valence-corrected chi connectivity index (χ1v) is 6.17. The van der Waals surface area contributed by atoms with Crippen LogP contribution < -0.4 is 0 Å². The first kappa shape index (κ1) is 11.0. The van der Waals surface area contributed by atoms with Gasteiger partial charge in [-0.15, -0.1) is 0 Å². The smallest absolute Gasteiger partial charge is 0.177 e. The zero-order chi connectivity index (χ0) is 12.4. The van der Waals surface area contributed by atoms with E-state index in [9.17, 15) is 0 Å². The van der Waals surface area contributed by atoms with Crippen molar-refractivity contribution in [2.45, 2.75) is 19.8 Å². The van der Waals surface area contributed by atoms with Gasteiger partial charge >= 0.3 is 0 Å². The molecule has 90 valence electrons. The van der Waals surface area contributed by atoms with Crippen molar-refractivity contribution in [2.75, 3.05) is 0 Å². The molecule has 0 aliphatic carbocycles. The average Bonchev–Trinajstić information content (AvgIpc) is 2.82. The zero-order valence-corrected chi connectivity index (χ0v) is 10.4. The van der Waals surface area contributed by atoms with Crippen molar-refractivity contribution in [2.24, 2.45) is 0 Å². The summed E-state index contributed by atoms with van der Waals surface area (Å²) in [5.41, 5.74) is 4.40. The molecular weight excluding hydrogens is 222 g/mol. The van der Waals surface area contributed by atoms with Gasteiger partial charge in [0.2, 0.25) is 0 Å². The van der Waals surface area contributed by atoms with Gasteiger partial charge in [0.25, 0.3) is 0 Å². The molecule has 0 spiro atoms. The van der Waals surface area contributed by atoms with Crippen LogP contribution in [0.1, 0.15) is 17.0 Å². The zero-order valence-electron chi connectivity index (χ0n) is 10.4. The molecule has 0 saturated heterocycles. The van der Waals surface area contributed by atoms with Crippen LogP contribution in [0.2, 0.25) is 0 Å². The lowest BCUT2D eigenvalue weighted by Gasteiger charge is -1.97. The highest BCUT2D eigenvalue weighted by molar-refractivity contribution is 5.74. The van der Waals surface area contributed by atoms with Gasteiger partial charge in [0.05, 0.1) is 5.52 Å². The van der Waals surface area contributed by atoms with Crippen molar-refractivity contribution < 1.29 is 0 Å². The van der Waals surface area contributed by atoms with Crippen LogP contribution in [-0.4, -0.2) is 15.0 Å². The SMILES string of the molecule is Cc1ccnc2nc(CCc3ccccc3)[nH]c12. The molecule has 18 heavy (non-hydrogen) atoms. The lowest BCUT2D eigenvalue weighted by Crippen LogP contribution is -1.92. The number of rotatable bonds is 3. The maximum absolute atomic E-state index is 4.52. The Hall–Kier alpha value is -2.16. The maximum atomic E-state index is 4.52. The molecule has 3 aromatic rings. The summed E-state index contributed by atoms with van der Waals surface area (Å²) < 4.78 is 0. The molecule has 3 rings (SSSR count). The molecule has 1 N–H and O–H groups in total. The van der Waals surface area contributed by atoms with Gasteiger partial charge in [0.1, 0.15) is 5.82 Å². The van der Waals surface area contributed by atoms with E-state index in [-0.39, 0.29) is 0 Å². The Balaban J connectivity index is 1.81. The van der Waals surface area contributed by atoms with E-state index in [1.165, 1.54) is 11.1 Å². The predicted molar refractivity (Wildman–Crippen MR) is 72.5 cm³/mol. The standard InChI is InChI=1S/C15H15N3/c1-11-9-10-16-15-14(11)17-13(18-15)8-7-12-5-3-2-4-6-12/h2-6,9-10H,7-8H2,1H3,(H,16,17,18). The quantitative estimate of drug-likeness (QED) is 0.760. The van der Waals surface area contributed by atoms with E-state index in [2.05, 4.69) is 46.1 Å².